The van der Waals surface area contributed by atoms with Crippen LogP contribution in [0.2, 0.25) is 0 Å². The number of hydrogen-bond acceptors (Lipinski definition) is 4. The second-order valence-electron chi connectivity index (χ2n) is 6.34. The highest BCUT2D eigenvalue weighted by atomic mass is 16.5. The van der Waals surface area contributed by atoms with E-state index in [2.05, 4.69) is 0 Å². The quantitative estimate of drug-likeness (QED) is 0.594. The van der Waals surface area contributed by atoms with E-state index in [4.69, 9.17) is 4.74 Å². The molecular weight excluding hydrogens is 306 g/mol. The molecule has 0 spiro atoms. The summed E-state index contributed by atoms with van der Waals surface area (Å²) in [5.74, 6) is -0.714. The summed E-state index contributed by atoms with van der Waals surface area (Å²) < 4.78 is 5.09. The number of aryl methyl sites for hydroxylation is 3. The number of rotatable bonds is 6. The van der Waals surface area contributed by atoms with Crippen LogP contribution in [-0.4, -0.2) is 41.8 Å². The van der Waals surface area contributed by atoms with E-state index < -0.39 is 12.0 Å². The summed E-state index contributed by atoms with van der Waals surface area (Å²) in [6, 6.07) is 3.01. The van der Waals surface area contributed by atoms with Gasteiger partial charge in [0.2, 0.25) is 5.91 Å². The molecule has 0 saturated carbocycles. The third-order valence-corrected chi connectivity index (χ3v) is 4.56. The molecule has 0 aliphatic carbocycles. The maximum Gasteiger partial charge on any atom is 0.329 e. The Balaban J connectivity index is 2.25. The smallest absolute Gasteiger partial charge is 0.329 e. The van der Waals surface area contributed by atoms with Gasteiger partial charge in [0.25, 0.3) is 0 Å². The van der Waals surface area contributed by atoms with E-state index in [1.807, 2.05) is 32.9 Å². The number of Topliss-reactive ketones (excluding diaryl/α,β-unsaturated/α-hetero) is 1. The number of benzene rings is 1. The Hall–Kier alpha value is -2.17. The predicted molar refractivity (Wildman–Crippen MR) is 91.0 cm³/mol. The monoisotopic (exact) mass is 331 g/mol. The third-order valence-electron chi connectivity index (χ3n) is 4.56. The molecular formula is C19H25NO4. The summed E-state index contributed by atoms with van der Waals surface area (Å²) in [7, 11) is 0. The van der Waals surface area contributed by atoms with Crippen molar-refractivity contribution in [3.05, 3.63) is 34.4 Å². The Kier molecular flexibility index (Phi) is 5.75. The number of ether oxygens (including phenoxy) is 1. The van der Waals surface area contributed by atoms with Gasteiger partial charge in [-0.1, -0.05) is 6.07 Å². The first kappa shape index (κ1) is 18.2. The standard InChI is InChI=1S/C19H25NO4/c1-5-24-19(23)16(20-8-6-7-18(20)22)11-17(21)15-10-13(3)12(2)9-14(15)4/h9-10,16H,5-8,11H2,1-4H3. The lowest BCUT2D eigenvalue weighted by atomic mass is 9.95. The van der Waals surface area contributed by atoms with Gasteiger partial charge in [0.1, 0.15) is 6.04 Å². The van der Waals surface area contributed by atoms with Gasteiger partial charge < -0.3 is 9.64 Å². The van der Waals surface area contributed by atoms with Gasteiger partial charge in [-0.05, 0) is 56.9 Å². The number of carbonyl (C=O) groups excluding carboxylic acids is 3. The number of ketones is 1. The lowest BCUT2D eigenvalue weighted by Gasteiger charge is -2.25. The average Bonchev–Trinajstić information content (AvgIpc) is 2.94. The first-order valence-electron chi connectivity index (χ1n) is 8.42. The third kappa shape index (κ3) is 3.83. The van der Waals surface area contributed by atoms with E-state index in [9.17, 15) is 14.4 Å². The zero-order valence-corrected chi connectivity index (χ0v) is 14.8. The van der Waals surface area contributed by atoms with Crippen molar-refractivity contribution in [3.63, 3.8) is 0 Å². The van der Waals surface area contributed by atoms with Crippen LogP contribution in [0.25, 0.3) is 0 Å². The van der Waals surface area contributed by atoms with Crippen LogP contribution < -0.4 is 0 Å². The van der Waals surface area contributed by atoms with Crippen LogP contribution in [0.5, 0.6) is 0 Å². The van der Waals surface area contributed by atoms with Crippen LogP contribution in [0.4, 0.5) is 0 Å². The van der Waals surface area contributed by atoms with Gasteiger partial charge >= 0.3 is 5.97 Å². The first-order valence-corrected chi connectivity index (χ1v) is 8.42. The molecule has 5 heteroatoms. The second kappa shape index (κ2) is 7.60. The number of esters is 1. The predicted octanol–water partition coefficient (Wildman–Crippen LogP) is 2.74. The normalized spacial score (nSPS) is 15.5. The molecule has 1 saturated heterocycles. The molecule has 1 aliphatic heterocycles. The Morgan fingerprint density at radius 2 is 1.83 bits per heavy atom. The highest BCUT2D eigenvalue weighted by Crippen LogP contribution is 2.22. The van der Waals surface area contributed by atoms with Crippen molar-refractivity contribution in [2.24, 2.45) is 0 Å². The zero-order chi connectivity index (χ0) is 17.9. The maximum atomic E-state index is 12.8. The van der Waals surface area contributed by atoms with Gasteiger partial charge in [0.15, 0.2) is 5.78 Å². The molecule has 5 nitrogen and oxygen atoms in total. The van der Waals surface area contributed by atoms with Crippen LogP contribution in [-0.2, 0) is 14.3 Å². The molecule has 0 radical (unpaired) electrons. The van der Waals surface area contributed by atoms with Crippen molar-refractivity contribution >= 4 is 17.7 Å². The van der Waals surface area contributed by atoms with Gasteiger partial charge in [-0.3, -0.25) is 9.59 Å². The molecule has 1 aromatic rings. The Bertz CT molecular complexity index is 666. The van der Waals surface area contributed by atoms with Gasteiger partial charge in [-0.25, -0.2) is 4.79 Å². The fourth-order valence-electron chi connectivity index (χ4n) is 3.10. The van der Waals surface area contributed by atoms with Crippen molar-refractivity contribution in [2.75, 3.05) is 13.2 Å². The highest BCUT2D eigenvalue weighted by Gasteiger charge is 2.35. The van der Waals surface area contributed by atoms with Crippen LogP contribution in [0.3, 0.4) is 0 Å². The molecule has 24 heavy (non-hydrogen) atoms. The van der Waals surface area contributed by atoms with Crippen LogP contribution >= 0.6 is 0 Å². The number of likely N-dealkylation sites (tertiary alicyclic amines) is 1. The summed E-state index contributed by atoms with van der Waals surface area (Å²) in [5.41, 5.74) is 3.66. The van der Waals surface area contributed by atoms with Crippen LogP contribution in [0.1, 0.15) is 53.2 Å². The van der Waals surface area contributed by atoms with Crippen molar-refractivity contribution in [2.45, 2.75) is 53.0 Å². The minimum absolute atomic E-state index is 0.0338. The van der Waals surface area contributed by atoms with Gasteiger partial charge in [-0.15, -0.1) is 0 Å². The molecule has 1 aliphatic rings. The number of amides is 1. The Morgan fingerprint density at radius 3 is 2.42 bits per heavy atom. The summed E-state index contributed by atoms with van der Waals surface area (Å²) >= 11 is 0. The molecule has 1 unspecified atom stereocenters. The Labute approximate surface area is 143 Å². The van der Waals surface area contributed by atoms with Crippen molar-refractivity contribution < 1.29 is 19.1 Å². The molecule has 1 heterocycles. The number of carbonyl (C=O) groups is 3. The van der Waals surface area contributed by atoms with E-state index in [-0.39, 0.29) is 24.7 Å². The molecule has 1 atom stereocenters. The molecule has 2 rings (SSSR count). The SMILES string of the molecule is CCOC(=O)C(CC(=O)c1cc(C)c(C)cc1C)N1CCCC1=O. The fraction of sp³-hybridized carbons (Fsp3) is 0.526. The topological polar surface area (TPSA) is 63.7 Å². The molecule has 0 bridgehead atoms. The molecule has 130 valence electrons. The zero-order valence-electron chi connectivity index (χ0n) is 14.8. The maximum absolute atomic E-state index is 12.8. The highest BCUT2D eigenvalue weighted by molar-refractivity contribution is 6.01. The molecule has 0 aromatic heterocycles. The largest absolute Gasteiger partial charge is 0.464 e. The molecule has 0 N–H and O–H groups in total. The van der Waals surface area contributed by atoms with E-state index in [0.29, 0.717) is 24.9 Å². The van der Waals surface area contributed by atoms with E-state index in [1.165, 1.54) is 4.90 Å². The van der Waals surface area contributed by atoms with Crippen LogP contribution in [0.15, 0.2) is 12.1 Å². The van der Waals surface area contributed by atoms with Crippen LogP contribution in [0, 0.1) is 20.8 Å². The number of nitrogens with zero attached hydrogens (tertiary/aromatic N) is 1. The van der Waals surface area contributed by atoms with Crippen molar-refractivity contribution in [3.8, 4) is 0 Å². The summed E-state index contributed by atoms with van der Waals surface area (Å²) in [4.78, 5) is 38.6. The molecule has 1 amide bonds. The van der Waals surface area contributed by atoms with E-state index in [1.54, 1.807) is 6.92 Å². The van der Waals surface area contributed by atoms with E-state index >= 15 is 0 Å². The van der Waals surface area contributed by atoms with Gasteiger partial charge in [0.05, 0.1) is 6.61 Å². The minimum atomic E-state index is -0.826. The van der Waals surface area contributed by atoms with Gasteiger partial charge in [-0.2, -0.15) is 0 Å². The van der Waals surface area contributed by atoms with Crippen molar-refractivity contribution in [1.82, 2.24) is 4.90 Å². The van der Waals surface area contributed by atoms with Crippen molar-refractivity contribution in [1.29, 1.82) is 0 Å². The average molecular weight is 331 g/mol. The fourth-order valence-corrected chi connectivity index (χ4v) is 3.10. The number of hydrogen-bond donors (Lipinski definition) is 0. The minimum Gasteiger partial charge on any atom is -0.464 e. The lowest BCUT2D eigenvalue weighted by molar-refractivity contribution is -0.153. The molecule has 1 fully saturated rings. The second-order valence-corrected chi connectivity index (χ2v) is 6.34. The van der Waals surface area contributed by atoms with Gasteiger partial charge in [0, 0.05) is 24.9 Å². The Morgan fingerprint density at radius 1 is 1.17 bits per heavy atom. The first-order chi connectivity index (χ1) is 11.3. The summed E-state index contributed by atoms with van der Waals surface area (Å²) in [6.45, 7) is 8.30. The summed E-state index contributed by atoms with van der Waals surface area (Å²) in [5, 5.41) is 0. The van der Waals surface area contributed by atoms with E-state index in [0.717, 1.165) is 16.7 Å². The lowest BCUT2D eigenvalue weighted by Crippen LogP contribution is -2.44. The molecule has 1 aromatic carbocycles. The summed E-state index contributed by atoms with van der Waals surface area (Å²) in [6.07, 6.45) is 1.10.